The Bertz CT molecular complexity index is 1080. The molecule has 0 bridgehead atoms. The summed E-state index contributed by atoms with van der Waals surface area (Å²) in [7, 11) is 1.37. The normalized spacial score (nSPS) is 16.5. The second kappa shape index (κ2) is 10.5. The van der Waals surface area contributed by atoms with Gasteiger partial charge in [0.05, 0.1) is 7.11 Å². The van der Waals surface area contributed by atoms with Crippen LogP contribution in [-0.2, 0) is 9.53 Å². The fourth-order valence-corrected chi connectivity index (χ4v) is 4.28. The third-order valence-electron chi connectivity index (χ3n) is 5.10. The monoisotopic (exact) mass is 473 g/mol. The summed E-state index contributed by atoms with van der Waals surface area (Å²) >= 11 is 1.23. The van der Waals surface area contributed by atoms with Crippen molar-refractivity contribution in [3.63, 3.8) is 0 Å². The molecule has 0 unspecified atom stereocenters. The second-order valence-corrected chi connectivity index (χ2v) is 8.27. The third-order valence-corrected chi connectivity index (χ3v) is 5.87. The van der Waals surface area contributed by atoms with Crippen LogP contribution in [0.2, 0.25) is 0 Å². The maximum Gasteiger partial charge on any atom is 0.259 e. The number of nitrogens with zero attached hydrogens (tertiary/aromatic N) is 5. The zero-order valence-electron chi connectivity index (χ0n) is 18.2. The van der Waals surface area contributed by atoms with E-state index in [1.807, 2.05) is 12.1 Å². The van der Waals surface area contributed by atoms with Crippen LogP contribution in [0, 0.1) is 5.82 Å². The van der Waals surface area contributed by atoms with E-state index in [0.29, 0.717) is 22.4 Å². The fourth-order valence-electron chi connectivity index (χ4n) is 3.56. The van der Waals surface area contributed by atoms with Gasteiger partial charge in [-0.05, 0) is 43.2 Å². The maximum atomic E-state index is 13.8. The van der Waals surface area contributed by atoms with Gasteiger partial charge in [-0.15, -0.1) is 15.3 Å². The summed E-state index contributed by atoms with van der Waals surface area (Å²) < 4.78 is 24.4. The third kappa shape index (κ3) is 5.52. The Balaban J connectivity index is 1.37. The minimum atomic E-state index is -0.944. The first-order valence-corrected chi connectivity index (χ1v) is 11.3. The number of benzene rings is 1. The lowest BCUT2D eigenvalue weighted by molar-refractivity contribution is -0.127. The molecule has 1 saturated heterocycles. The van der Waals surface area contributed by atoms with E-state index in [1.54, 1.807) is 13.1 Å². The maximum absolute atomic E-state index is 13.8. The molecule has 2 atom stereocenters. The zero-order valence-corrected chi connectivity index (χ0v) is 19.0. The molecule has 174 valence electrons. The summed E-state index contributed by atoms with van der Waals surface area (Å²) in [4.78, 5) is 15.0. The van der Waals surface area contributed by atoms with Crippen LogP contribution in [0.5, 0.6) is 5.75 Å². The smallest absolute Gasteiger partial charge is 0.259 e. The molecular formula is C21H24FN7O3S. The van der Waals surface area contributed by atoms with E-state index < -0.39 is 17.8 Å². The summed E-state index contributed by atoms with van der Waals surface area (Å²) in [6.45, 7) is 3.69. The number of carbonyl (C=O) groups excluding carboxylic acids is 1. The van der Waals surface area contributed by atoms with E-state index in [2.05, 4.69) is 35.9 Å². The minimum absolute atomic E-state index is 0.0412. The van der Waals surface area contributed by atoms with Crippen LogP contribution in [0.3, 0.4) is 0 Å². The van der Waals surface area contributed by atoms with Crippen LogP contribution < -0.4 is 20.3 Å². The van der Waals surface area contributed by atoms with Crippen LogP contribution >= 0.6 is 11.3 Å². The Labute approximate surface area is 194 Å². The molecule has 0 spiro atoms. The van der Waals surface area contributed by atoms with Crippen LogP contribution in [0.15, 0.2) is 36.5 Å². The predicted octanol–water partition coefficient (Wildman–Crippen LogP) is 2.88. The van der Waals surface area contributed by atoms with Crippen LogP contribution in [0.1, 0.15) is 25.0 Å². The predicted molar refractivity (Wildman–Crippen MR) is 122 cm³/mol. The average molecular weight is 474 g/mol. The molecule has 0 radical (unpaired) electrons. The number of rotatable bonds is 9. The number of ether oxygens (including phenoxy) is 2. The number of hydrogen-bond acceptors (Lipinski definition) is 10. The van der Waals surface area contributed by atoms with E-state index in [9.17, 15) is 9.18 Å². The number of nitrogens with one attached hydrogen (secondary N) is 2. The van der Waals surface area contributed by atoms with E-state index in [1.165, 1.54) is 36.6 Å². The molecule has 2 N–H and O–H groups in total. The molecule has 4 rings (SSSR count). The molecule has 0 aliphatic carbocycles. The number of carbonyl (C=O) groups is 1. The number of amides is 1. The van der Waals surface area contributed by atoms with Crippen LogP contribution in [-0.4, -0.2) is 59.1 Å². The van der Waals surface area contributed by atoms with E-state index in [0.717, 1.165) is 25.3 Å². The van der Waals surface area contributed by atoms with E-state index in [-0.39, 0.29) is 11.8 Å². The van der Waals surface area contributed by atoms with Crippen molar-refractivity contribution in [3.8, 4) is 5.75 Å². The van der Waals surface area contributed by atoms with E-state index in [4.69, 9.17) is 9.47 Å². The number of methoxy groups -OCH3 is 1. The van der Waals surface area contributed by atoms with Crippen LogP contribution in [0.4, 0.5) is 20.5 Å². The Kier molecular flexibility index (Phi) is 7.25. The molecule has 1 aliphatic rings. The number of aromatic nitrogens is 4. The minimum Gasteiger partial charge on any atom is -0.494 e. The number of anilines is 3. The molecule has 1 aromatic carbocycles. The van der Waals surface area contributed by atoms with Gasteiger partial charge in [0.1, 0.15) is 0 Å². The molecule has 3 heterocycles. The standard InChI is InChI=1S/C21H24FN7O3S/c1-3-32-18(13-6-7-15(22)16(11-13)31-2)19(30)25-21-28-27-20(33-21)24-14-8-10-29(12-14)17-5-4-9-23-26-17/h4-7,9,11,14,18H,3,8,10,12H2,1-2H3,(H,24,27)(H,25,28,30)/t14-,18-/m1/s1. The molecule has 3 aromatic rings. The number of hydrogen-bond donors (Lipinski definition) is 2. The Morgan fingerprint density at radius 1 is 1.30 bits per heavy atom. The van der Waals surface area contributed by atoms with Gasteiger partial charge in [0.25, 0.3) is 5.91 Å². The lowest BCUT2D eigenvalue weighted by Crippen LogP contribution is -2.26. The highest BCUT2D eigenvalue weighted by Crippen LogP contribution is 2.28. The second-order valence-electron chi connectivity index (χ2n) is 7.29. The van der Waals surface area contributed by atoms with Gasteiger partial charge in [-0.2, -0.15) is 5.10 Å². The highest BCUT2D eigenvalue weighted by molar-refractivity contribution is 7.19. The van der Waals surface area contributed by atoms with Crippen molar-refractivity contribution in [2.75, 3.05) is 42.3 Å². The Morgan fingerprint density at radius 3 is 2.91 bits per heavy atom. The van der Waals surface area contributed by atoms with Gasteiger partial charge in [-0.1, -0.05) is 17.4 Å². The first-order chi connectivity index (χ1) is 16.1. The van der Waals surface area contributed by atoms with Gasteiger partial charge in [-0.25, -0.2) is 4.39 Å². The summed E-state index contributed by atoms with van der Waals surface area (Å²) in [5.41, 5.74) is 0.477. The van der Waals surface area contributed by atoms with Gasteiger partial charge < -0.3 is 19.7 Å². The van der Waals surface area contributed by atoms with Crippen molar-refractivity contribution in [2.45, 2.75) is 25.5 Å². The van der Waals surface area contributed by atoms with Crippen molar-refractivity contribution < 1.29 is 18.7 Å². The average Bonchev–Trinajstić information content (AvgIpc) is 3.48. The summed E-state index contributed by atoms with van der Waals surface area (Å²) in [6, 6.07) is 8.15. The van der Waals surface area contributed by atoms with Gasteiger partial charge in [0, 0.05) is 31.9 Å². The molecule has 1 amide bonds. The SMILES string of the molecule is CCO[C@@H](C(=O)Nc1nnc(N[C@@H]2CCN(c3cccnn3)C2)s1)c1ccc(F)c(OC)c1. The molecule has 10 nitrogen and oxygen atoms in total. The quantitative estimate of drug-likeness (QED) is 0.484. The van der Waals surface area contributed by atoms with Gasteiger partial charge in [0.2, 0.25) is 10.3 Å². The van der Waals surface area contributed by atoms with Crippen molar-refractivity contribution in [3.05, 3.63) is 47.9 Å². The lowest BCUT2D eigenvalue weighted by atomic mass is 10.1. The molecule has 0 saturated carbocycles. The summed E-state index contributed by atoms with van der Waals surface area (Å²) in [6.07, 6.45) is 1.62. The summed E-state index contributed by atoms with van der Waals surface area (Å²) in [5, 5.41) is 23.3. The van der Waals surface area contributed by atoms with Crippen molar-refractivity contribution in [1.82, 2.24) is 20.4 Å². The largest absolute Gasteiger partial charge is 0.494 e. The Morgan fingerprint density at radius 2 is 2.15 bits per heavy atom. The van der Waals surface area contributed by atoms with Gasteiger partial charge >= 0.3 is 0 Å². The molecule has 12 heteroatoms. The summed E-state index contributed by atoms with van der Waals surface area (Å²) in [5.74, 6) is -0.0599. The Hall–Kier alpha value is -3.38. The zero-order chi connectivity index (χ0) is 23.2. The topological polar surface area (TPSA) is 114 Å². The molecular weight excluding hydrogens is 449 g/mol. The highest BCUT2D eigenvalue weighted by Gasteiger charge is 2.26. The molecule has 2 aromatic heterocycles. The van der Waals surface area contributed by atoms with Crippen LogP contribution in [0.25, 0.3) is 0 Å². The van der Waals surface area contributed by atoms with Gasteiger partial charge in [0.15, 0.2) is 23.5 Å². The molecule has 1 aliphatic heterocycles. The lowest BCUT2D eigenvalue weighted by Gasteiger charge is -2.17. The van der Waals surface area contributed by atoms with E-state index >= 15 is 0 Å². The first-order valence-electron chi connectivity index (χ1n) is 10.5. The first kappa shape index (κ1) is 22.8. The molecule has 33 heavy (non-hydrogen) atoms. The number of halogens is 1. The molecule has 1 fully saturated rings. The highest BCUT2D eigenvalue weighted by atomic mass is 32.1. The van der Waals surface area contributed by atoms with Crippen molar-refractivity contribution >= 4 is 33.3 Å². The van der Waals surface area contributed by atoms with Crippen molar-refractivity contribution in [1.29, 1.82) is 0 Å². The van der Waals surface area contributed by atoms with Gasteiger partial charge in [-0.3, -0.25) is 10.1 Å². The fraction of sp³-hybridized carbons (Fsp3) is 0.381. The van der Waals surface area contributed by atoms with Crippen molar-refractivity contribution in [2.24, 2.45) is 0 Å².